The molecule has 0 fully saturated rings. The lowest BCUT2D eigenvalue weighted by Gasteiger charge is -2.04. The summed E-state index contributed by atoms with van der Waals surface area (Å²) >= 11 is 1.13. The average Bonchev–Trinajstić information content (AvgIpc) is 3.12. The molecule has 0 saturated carbocycles. The first kappa shape index (κ1) is 19.5. The number of urea groups is 1. The second-order valence-corrected chi connectivity index (χ2v) is 6.35. The lowest BCUT2D eigenvalue weighted by Crippen LogP contribution is -2.30. The highest BCUT2D eigenvalue weighted by Crippen LogP contribution is 2.15. The van der Waals surface area contributed by atoms with Crippen molar-refractivity contribution in [2.45, 2.75) is 32.7 Å². The number of Topliss-reactive ketones (excluding diaryl/α,β-unsaturated/α-hetero) is 1. The number of thiazole rings is 1. The molecule has 0 spiro atoms. The SMILES string of the molecule is CCCCC(=O)CNC(=O)c1csc(NC(=O)NCc2ccccn2)n1. The molecule has 0 aromatic carbocycles. The number of pyridine rings is 1. The number of aromatic nitrogens is 2. The highest BCUT2D eigenvalue weighted by atomic mass is 32.1. The number of ketones is 1. The van der Waals surface area contributed by atoms with Gasteiger partial charge in [0.2, 0.25) is 0 Å². The van der Waals surface area contributed by atoms with Gasteiger partial charge in [-0.15, -0.1) is 11.3 Å². The van der Waals surface area contributed by atoms with Gasteiger partial charge in [-0.1, -0.05) is 19.4 Å². The van der Waals surface area contributed by atoms with E-state index in [1.54, 1.807) is 18.3 Å². The Morgan fingerprint density at radius 1 is 1.19 bits per heavy atom. The van der Waals surface area contributed by atoms with Crippen molar-refractivity contribution >= 4 is 34.2 Å². The van der Waals surface area contributed by atoms with Crippen LogP contribution in [0.2, 0.25) is 0 Å². The number of hydrogen-bond acceptors (Lipinski definition) is 6. The summed E-state index contributed by atoms with van der Waals surface area (Å²) in [5.41, 5.74) is 0.896. The molecular formula is C17H21N5O3S. The molecule has 0 aliphatic rings. The van der Waals surface area contributed by atoms with Crippen LogP contribution in [0.5, 0.6) is 0 Å². The number of amides is 3. The van der Waals surface area contributed by atoms with Crippen LogP contribution in [-0.2, 0) is 11.3 Å². The van der Waals surface area contributed by atoms with Crippen molar-refractivity contribution < 1.29 is 14.4 Å². The second kappa shape index (κ2) is 10.2. The van der Waals surface area contributed by atoms with Crippen LogP contribution in [0.3, 0.4) is 0 Å². The van der Waals surface area contributed by atoms with Crippen LogP contribution >= 0.6 is 11.3 Å². The molecule has 0 bridgehead atoms. The van der Waals surface area contributed by atoms with Crippen LogP contribution in [0.25, 0.3) is 0 Å². The predicted molar refractivity (Wildman–Crippen MR) is 99.1 cm³/mol. The first-order valence-corrected chi connectivity index (χ1v) is 9.16. The highest BCUT2D eigenvalue weighted by molar-refractivity contribution is 7.14. The molecule has 0 saturated heterocycles. The molecule has 138 valence electrons. The van der Waals surface area contributed by atoms with E-state index in [0.717, 1.165) is 29.9 Å². The van der Waals surface area contributed by atoms with Crippen LogP contribution in [0.1, 0.15) is 42.4 Å². The monoisotopic (exact) mass is 375 g/mol. The largest absolute Gasteiger partial charge is 0.344 e. The van der Waals surface area contributed by atoms with E-state index in [0.29, 0.717) is 11.6 Å². The van der Waals surface area contributed by atoms with Crippen LogP contribution < -0.4 is 16.0 Å². The maximum absolute atomic E-state index is 12.0. The summed E-state index contributed by atoms with van der Waals surface area (Å²) in [7, 11) is 0. The zero-order chi connectivity index (χ0) is 18.8. The van der Waals surface area contributed by atoms with Crippen molar-refractivity contribution in [1.82, 2.24) is 20.6 Å². The van der Waals surface area contributed by atoms with E-state index in [2.05, 4.69) is 25.9 Å². The number of hydrogen-bond donors (Lipinski definition) is 3. The second-order valence-electron chi connectivity index (χ2n) is 5.49. The van der Waals surface area contributed by atoms with E-state index >= 15 is 0 Å². The van der Waals surface area contributed by atoms with E-state index < -0.39 is 11.9 Å². The van der Waals surface area contributed by atoms with E-state index in [9.17, 15) is 14.4 Å². The van der Waals surface area contributed by atoms with Gasteiger partial charge >= 0.3 is 6.03 Å². The fourth-order valence-corrected chi connectivity index (χ4v) is 2.67. The molecule has 8 nitrogen and oxygen atoms in total. The lowest BCUT2D eigenvalue weighted by atomic mass is 10.2. The summed E-state index contributed by atoms with van der Waals surface area (Å²) in [5.74, 6) is -0.448. The first-order valence-electron chi connectivity index (χ1n) is 8.28. The molecule has 2 aromatic rings. The van der Waals surface area contributed by atoms with E-state index in [1.165, 1.54) is 5.38 Å². The Morgan fingerprint density at radius 2 is 2.04 bits per heavy atom. The Labute approximate surface area is 155 Å². The molecule has 3 amide bonds. The minimum atomic E-state index is -0.438. The molecule has 0 aliphatic carbocycles. The first-order chi connectivity index (χ1) is 12.6. The van der Waals surface area contributed by atoms with Gasteiger partial charge in [0.15, 0.2) is 10.9 Å². The van der Waals surface area contributed by atoms with Gasteiger partial charge in [-0.3, -0.25) is 19.9 Å². The van der Waals surface area contributed by atoms with Crippen LogP contribution in [0.15, 0.2) is 29.8 Å². The Hall–Kier alpha value is -2.81. The maximum Gasteiger partial charge on any atom is 0.321 e. The fourth-order valence-electron chi connectivity index (χ4n) is 1.98. The zero-order valence-corrected chi connectivity index (χ0v) is 15.3. The number of nitrogens with zero attached hydrogens (tertiary/aromatic N) is 2. The van der Waals surface area contributed by atoms with Crippen molar-refractivity contribution in [1.29, 1.82) is 0 Å². The summed E-state index contributed by atoms with van der Waals surface area (Å²) in [4.78, 5) is 43.6. The smallest absolute Gasteiger partial charge is 0.321 e. The summed E-state index contributed by atoms with van der Waals surface area (Å²) in [6.07, 6.45) is 3.85. The maximum atomic E-state index is 12.0. The molecule has 26 heavy (non-hydrogen) atoms. The minimum absolute atomic E-state index is 0.0102. The molecule has 9 heteroatoms. The van der Waals surface area contributed by atoms with Crippen LogP contribution in [0.4, 0.5) is 9.93 Å². The quantitative estimate of drug-likeness (QED) is 0.623. The molecule has 0 radical (unpaired) electrons. The van der Waals surface area contributed by atoms with Crippen LogP contribution in [0, 0.1) is 0 Å². The third kappa shape index (κ3) is 6.60. The summed E-state index contributed by atoms with van der Waals surface area (Å²) in [6, 6.07) is 4.99. The van der Waals surface area contributed by atoms with Gasteiger partial charge in [-0.25, -0.2) is 9.78 Å². The van der Waals surface area contributed by atoms with E-state index in [1.807, 2.05) is 13.0 Å². The van der Waals surface area contributed by atoms with Gasteiger partial charge < -0.3 is 10.6 Å². The molecule has 0 unspecified atom stereocenters. The van der Waals surface area contributed by atoms with Gasteiger partial charge in [-0.05, 0) is 18.6 Å². The van der Waals surface area contributed by atoms with E-state index in [4.69, 9.17) is 0 Å². The third-order valence-electron chi connectivity index (χ3n) is 3.37. The Balaban J connectivity index is 1.76. The molecule has 2 rings (SSSR count). The summed E-state index contributed by atoms with van der Waals surface area (Å²) < 4.78 is 0. The standard InChI is InChI=1S/C17H21N5O3S/c1-2-3-7-13(23)10-19-15(24)14-11-26-17(21-14)22-16(25)20-9-12-6-4-5-8-18-12/h4-6,8,11H,2-3,7,9-10H2,1H3,(H,19,24)(H2,20,21,22,25). The number of anilines is 1. The normalized spacial score (nSPS) is 10.2. The fraction of sp³-hybridized carbons (Fsp3) is 0.353. The number of carbonyl (C=O) groups excluding carboxylic acids is 3. The predicted octanol–water partition coefficient (Wildman–Crippen LogP) is 2.35. The van der Waals surface area contributed by atoms with E-state index in [-0.39, 0.29) is 24.6 Å². The van der Waals surface area contributed by atoms with Gasteiger partial charge in [0.25, 0.3) is 5.91 Å². The van der Waals surface area contributed by atoms with Crippen molar-refractivity contribution in [3.63, 3.8) is 0 Å². The van der Waals surface area contributed by atoms with Crippen molar-refractivity contribution in [3.05, 3.63) is 41.2 Å². The van der Waals surface area contributed by atoms with Gasteiger partial charge in [0.05, 0.1) is 18.8 Å². The minimum Gasteiger partial charge on any atom is -0.344 e. The number of carbonyl (C=O) groups is 3. The Kier molecular flexibility index (Phi) is 7.69. The third-order valence-corrected chi connectivity index (χ3v) is 4.13. The highest BCUT2D eigenvalue weighted by Gasteiger charge is 2.13. The lowest BCUT2D eigenvalue weighted by molar-refractivity contribution is -0.118. The van der Waals surface area contributed by atoms with Gasteiger partial charge in [0.1, 0.15) is 5.69 Å². The molecule has 3 N–H and O–H groups in total. The van der Waals surface area contributed by atoms with Gasteiger partial charge in [-0.2, -0.15) is 0 Å². The Bertz CT molecular complexity index is 748. The number of unbranched alkanes of at least 4 members (excludes halogenated alkanes) is 1. The topological polar surface area (TPSA) is 113 Å². The molecule has 2 heterocycles. The Morgan fingerprint density at radius 3 is 2.77 bits per heavy atom. The van der Waals surface area contributed by atoms with Crippen molar-refractivity contribution in [3.8, 4) is 0 Å². The van der Waals surface area contributed by atoms with Crippen LogP contribution in [-0.4, -0.2) is 34.2 Å². The average molecular weight is 375 g/mol. The molecule has 0 atom stereocenters. The zero-order valence-electron chi connectivity index (χ0n) is 14.4. The number of rotatable bonds is 9. The number of nitrogens with one attached hydrogen (secondary N) is 3. The summed E-state index contributed by atoms with van der Waals surface area (Å²) in [6.45, 7) is 2.27. The summed E-state index contributed by atoms with van der Waals surface area (Å²) in [5, 5.41) is 9.58. The van der Waals surface area contributed by atoms with Gasteiger partial charge in [0, 0.05) is 18.0 Å². The molecular weight excluding hydrogens is 354 g/mol. The molecule has 2 aromatic heterocycles. The molecule has 0 aliphatic heterocycles. The van der Waals surface area contributed by atoms with Crippen molar-refractivity contribution in [2.75, 3.05) is 11.9 Å². The van der Waals surface area contributed by atoms with Crippen molar-refractivity contribution in [2.24, 2.45) is 0 Å².